The number of Topliss-reactive ketones (excluding diaryl/α,β-unsaturated/α-hetero) is 1. The van der Waals surface area contributed by atoms with Gasteiger partial charge in [0.15, 0.2) is 11.4 Å². The molecule has 7 rings (SSSR count). The number of hydrogen-bond donors (Lipinski definition) is 1. The molecule has 1 aliphatic carbocycles. The molecule has 0 unspecified atom stereocenters. The Labute approximate surface area is 306 Å². The summed E-state index contributed by atoms with van der Waals surface area (Å²) in [6, 6.07) is 31.4. The van der Waals surface area contributed by atoms with Gasteiger partial charge >= 0.3 is 11.7 Å². The van der Waals surface area contributed by atoms with E-state index in [1.807, 2.05) is 85.8 Å². The van der Waals surface area contributed by atoms with Crippen molar-refractivity contribution in [3.63, 3.8) is 0 Å². The number of ether oxygens (including phenoxy) is 5. The van der Waals surface area contributed by atoms with Gasteiger partial charge in [-0.2, -0.15) is 0 Å². The van der Waals surface area contributed by atoms with Crippen molar-refractivity contribution in [1.82, 2.24) is 9.55 Å². The van der Waals surface area contributed by atoms with E-state index < -0.39 is 52.6 Å². The molecule has 1 aliphatic heterocycles. The van der Waals surface area contributed by atoms with Gasteiger partial charge in [-0.1, -0.05) is 79.2 Å². The highest BCUT2D eigenvalue weighted by atomic mass is 16.6. The number of rotatable bonds is 11. The Bertz CT molecular complexity index is 2200. The summed E-state index contributed by atoms with van der Waals surface area (Å²) in [5.41, 5.74) is -0.715. The summed E-state index contributed by atoms with van der Waals surface area (Å²) in [7, 11) is 3.17. The quantitative estimate of drug-likeness (QED) is 0.139. The highest BCUT2D eigenvalue weighted by Gasteiger charge is 2.71. The van der Waals surface area contributed by atoms with Crippen molar-refractivity contribution < 1.29 is 33.3 Å². The van der Waals surface area contributed by atoms with Crippen LogP contribution in [0.25, 0.3) is 0 Å². The van der Waals surface area contributed by atoms with Crippen molar-refractivity contribution >= 4 is 11.8 Å². The minimum absolute atomic E-state index is 0.269. The third-order valence-electron chi connectivity index (χ3n) is 10.5. The second-order valence-electron chi connectivity index (χ2n) is 13.6. The van der Waals surface area contributed by atoms with E-state index in [-0.39, 0.29) is 18.0 Å². The molecule has 5 aromatic rings. The number of fused-ring (bicyclic) bond motifs is 2. The van der Waals surface area contributed by atoms with Gasteiger partial charge in [-0.15, -0.1) is 0 Å². The number of hydrogen-bond acceptors (Lipinski definition) is 9. The monoisotopic (exact) mass is 716 g/mol. The molecule has 1 aromatic heterocycles. The second kappa shape index (κ2) is 14.0. The maximum atomic E-state index is 14.8. The molecule has 1 N–H and O–H groups in total. The van der Waals surface area contributed by atoms with E-state index in [1.165, 1.54) is 10.8 Å². The number of aromatic nitrogens is 2. The normalized spacial score (nSPS) is 22.1. The minimum atomic E-state index is -1.85. The zero-order valence-corrected chi connectivity index (χ0v) is 30.0. The van der Waals surface area contributed by atoms with Crippen LogP contribution >= 0.6 is 0 Å². The van der Waals surface area contributed by atoms with Crippen LogP contribution in [0, 0.1) is 25.7 Å². The summed E-state index contributed by atoms with van der Waals surface area (Å²) in [5, 5.41) is 0. The maximum absolute atomic E-state index is 14.8. The molecule has 0 spiro atoms. The van der Waals surface area contributed by atoms with Crippen molar-refractivity contribution in [3.05, 3.63) is 164 Å². The topological polar surface area (TPSA) is 135 Å². The van der Waals surface area contributed by atoms with Gasteiger partial charge in [-0.25, -0.2) is 9.59 Å². The summed E-state index contributed by atoms with van der Waals surface area (Å²) in [6.07, 6.45) is -0.811. The molecule has 0 radical (unpaired) electrons. The summed E-state index contributed by atoms with van der Waals surface area (Å²) in [6.45, 7) is 4.90. The number of nitrogens with one attached hydrogen (secondary N) is 1. The summed E-state index contributed by atoms with van der Waals surface area (Å²) < 4.78 is 32.3. The number of methoxy groups -OCH3 is 2. The molecule has 2 aliphatic rings. The maximum Gasteiger partial charge on any atom is 0.338 e. The van der Waals surface area contributed by atoms with Gasteiger partial charge in [0.25, 0.3) is 5.56 Å². The van der Waals surface area contributed by atoms with Gasteiger partial charge in [0.05, 0.1) is 32.3 Å². The third kappa shape index (κ3) is 6.05. The van der Waals surface area contributed by atoms with E-state index in [0.717, 1.165) is 22.3 Å². The SMILES string of the molecule is COc1ccc(C(OC[C@]23O[C@@H](n4cc(C)c(=O)[nH]c4=O)[C@H](C2=O)[C@H](C)[C@@H]3OC(=O)c2ccc(C)cc2)(c2ccccc2)c2ccc(OC)cc2)cc1. The highest BCUT2D eigenvalue weighted by molar-refractivity contribution is 5.97. The fourth-order valence-corrected chi connectivity index (χ4v) is 7.63. The van der Waals surface area contributed by atoms with E-state index >= 15 is 0 Å². The van der Waals surface area contributed by atoms with Gasteiger partial charge in [0, 0.05) is 17.7 Å². The summed E-state index contributed by atoms with van der Waals surface area (Å²) >= 11 is 0. The third-order valence-corrected chi connectivity index (χ3v) is 10.5. The van der Waals surface area contributed by atoms with Gasteiger partial charge < -0.3 is 23.7 Å². The van der Waals surface area contributed by atoms with Gasteiger partial charge in [0.2, 0.25) is 0 Å². The number of ketones is 1. The zero-order valence-electron chi connectivity index (χ0n) is 30.0. The van der Waals surface area contributed by atoms with Crippen LogP contribution in [-0.2, 0) is 24.6 Å². The number of benzene rings is 4. The van der Waals surface area contributed by atoms with Crippen molar-refractivity contribution in [2.45, 2.75) is 44.3 Å². The minimum Gasteiger partial charge on any atom is -0.497 e. The number of aryl methyl sites for hydroxylation is 2. The van der Waals surface area contributed by atoms with Crippen LogP contribution in [0.3, 0.4) is 0 Å². The Hall–Kier alpha value is -5.78. The average molecular weight is 717 g/mol. The molecular weight excluding hydrogens is 676 g/mol. The Balaban J connectivity index is 1.38. The van der Waals surface area contributed by atoms with E-state index in [2.05, 4.69) is 4.98 Å². The summed E-state index contributed by atoms with van der Waals surface area (Å²) in [4.78, 5) is 56.3. The van der Waals surface area contributed by atoms with Crippen LogP contribution in [0.2, 0.25) is 0 Å². The van der Waals surface area contributed by atoms with Crippen LogP contribution in [0.15, 0.2) is 119 Å². The molecule has 53 heavy (non-hydrogen) atoms. The Morgan fingerprint density at radius 3 is 1.94 bits per heavy atom. The fraction of sp³-hybridized carbons (Fsp3) is 0.286. The number of carbonyl (C=O) groups excluding carboxylic acids is 2. The van der Waals surface area contributed by atoms with Crippen molar-refractivity contribution in [1.29, 1.82) is 0 Å². The molecular formula is C42H40N2O9. The lowest BCUT2D eigenvalue weighted by Gasteiger charge is -2.42. The molecule has 2 bridgehead atoms. The van der Waals surface area contributed by atoms with Crippen LogP contribution in [0.1, 0.15) is 51.3 Å². The lowest BCUT2D eigenvalue weighted by atomic mass is 9.79. The number of nitrogens with zero attached hydrogens (tertiary/aromatic N) is 1. The molecule has 11 heteroatoms. The standard InChI is InChI=1S/C42H40N2O9/c1-25-11-13-28(14-12-25)39(47)52-36-27(3)34-35(45)41(36,53-38(34)44-23-26(2)37(46)43-40(44)48)24-51-42(29-9-7-6-8-10-29,30-15-19-32(49-4)20-16-30)31-17-21-33(50-5)22-18-31/h6-23,27,34,36,38H,24H2,1-5H3,(H,43,46,48)/t27-,34-,36-,38+,41-/m0/s1. The lowest BCUT2D eigenvalue weighted by molar-refractivity contribution is -0.212. The largest absolute Gasteiger partial charge is 0.497 e. The van der Waals surface area contributed by atoms with Crippen molar-refractivity contribution in [2.24, 2.45) is 11.8 Å². The van der Waals surface area contributed by atoms with E-state index in [0.29, 0.717) is 17.1 Å². The smallest absolute Gasteiger partial charge is 0.338 e. The first-order valence-electron chi connectivity index (χ1n) is 17.3. The molecule has 272 valence electrons. The fourth-order valence-electron chi connectivity index (χ4n) is 7.63. The molecule has 0 amide bonds. The Morgan fingerprint density at radius 1 is 0.811 bits per heavy atom. The lowest BCUT2D eigenvalue weighted by Crippen LogP contribution is -2.55. The van der Waals surface area contributed by atoms with Gasteiger partial charge in [0.1, 0.15) is 29.4 Å². The molecule has 5 atom stereocenters. The second-order valence-corrected chi connectivity index (χ2v) is 13.6. The van der Waals surface area contributed by atoms with Crippen LogP contribution in [-0.4, -0.2) is 53.8 Å². The van der Waals surface area contributed by atoms with Crippen molar-refractivity contribution in [3.8, 4) is 11.5 Å². The zero-order chi connectivity index (χ0) is 37.5. The molecule has 2 heterocycles. The van der Waals surface area contributed by atoms with Gasteiger partial charge in [-0.05, 0) is 66.9 Å². The molecule has 11 nitrogen and oxygen atoms in total. The van der Waals surface area contributed by atoms with E-state index in [4.69, 9.17) is 23.7 Å². The first-order valence-corrected chi connectivity index (χ1v) is 17.3. The predicted molar refractivity (Wildman–Crippen MR) is 195 cm³/mol. The van der Waals surface area contributed by atoms with Gasteiger partial charge in [-0.3, -0.25) is 19.1 Å². The van der Waals surface area contributed by atoms with Crippen LogP contribution in [0.5, 0.6) is 11.5 Å². The van der Waals surface area contributed by atoms with Crippen LogP contribution in [0.4, 0.5) is 0 Å². The first kappa shape index (κ1) is 35.6. The first-order chi connectivity index (χ1) is 25.5. The number of esters is 1. The van der Waals surface area contributed by atoms with Crippen molar-refractivity contribution in [2.75, 3.05) is 20.8 Å². The number of aromatic amines is 1. The predicted octanol–water partition coefficient (Wildman–Crippen LogP) is 5.51. The molecule has 4 aromatic carbocycles. The molecule has 1 saturated carbocycles. The summed E-state index contributed by atoms with van der Waals surface area (Å²) in [5.74, 6) is -1.24. The van der Waals surface area contributed by atoms with E-state index in [1.54, 1.807) is 52.3 Å². The van der Waals surface area contributed by atoms with Crippen LogP contribution < -0.4 is 20.7 Å². The molecule has 1 saturated heterocycles. The van der Waals surface area contributed by atoms with E-state index in [9.17, 15) is 19.2 Å². The number of H-pyrrole nitrogens is 1. The Kier molecular flexibility index (Phi) is 9.39. The molecule has 2 fully saturated rings. The highest BCUT2D eigenvalue weighted by Crippen LogP contribution is 2.55. The Morgan fingerprint density at radius 2 is 1.38 bits per heavy atom. The number of carbonyl (C=O) groups is 2. The average Bonchev–Trinajstić information content (AvgIpc) is 3.57.